The maximum Gasteiger partial charge on any atom is 0.339 e. The number of aromatic carboxylic acids is 1. The van der Waals surface area contributed by atoms with Crippen molar-refractivity contribution in [3.05, 3.63) is 59.8 Å². The molecule has 0 atom stereocenters. The molecule has 0 fully saturated rings. The lowest BCUT2D eigenvalue weighted by atomic mass is 10.1. The minimum atomic E-state index is -1.22. The van der Waals surface area contributed by atoms with Gasteiger partial charge < -0.3 is 20.8 Å². The second-order valence-corrected chi connectivity index (χ2v) is 4.74. The second kappa shape index (κ2) is 5.25. The van der Waals surface area contributed by atoms with Gasteiger partial charge in [-0.1, -0.05) is 18.2 Å². The molecule has 1 amide bonds. The van der Waals surface area contributed by atoms with Crippen molar-refractivity contribution >= 4 is 28.8 Å². The Hall–Kier alpha value is -3.28. The summed E-state index contributed by atoms with van der Waals surface area (Å²) in [5.41, 5.74) is 2.22. The fraction of sp³-hybridized carbons (Fsp3) is 0. The Kier molecular flexibility index (Phi) is 3.27. The molecule has 6 nitrogen and oxygen atoms in total. The van der Waals surface area contributed by atoms with Crippen LogP contribution in [-0.2, 0) is 4.79 Å². The Morgan fingerprint density at radius 1 is 1.18 bits per heavy atom. The van der Waals surface area contributed by atoms with Crippen LogP contribution in [0.5, 0.6) is 5.75 Å². The lowest BCUT2D eigenvalue weighted by Crippen LogP contribution is -2.05. The molecular formula is C16H12N2O4. The van der Waals surface area contributed by atoms with Crippen molar-refractivity contribution in [3.8, 4) is 5.75 Å². The third-order valence-electron chi connectivity index (χ3n) is 3.32. The molecule has 0 saturated heterocycles. The number of phenols is 1. The van der Waals surface area contributed by atoms with Crippen LogP contribution < -0.4 is 10.6 Å². The Balaban J connectivity index is 1.90. The zero-order valence-electron chi connectivity index (χ0n) is 11.3. The Morgan fingerprint density at radius 2 is 1.95 bits per heavy atom. The first-order chi connectivity index (χ1) is 10.6. The number of carbonyl (C=O) groups is 2. The molecule has 0 aliphatic carbocycles. The number of carboxylic acids is 1. The van der Waals surface area contributed by atoms with E-state index in [1.807, 2.05) is 18.2 Å². The maximum absolute atomic E-state index is 11.9. The molecule has 2 aromatic carbocycles. The largest absolute Gasteiger partial charge is 0.507 e. The predicted octanol–water partition coefficient (Wildman–Crippen LogP) is 2.50. The Morgan fingerprint density at radius 3 is 2.73 bits per heavy atom. The van der Waals surface area contributed by atoms with Gasteiger partial charge in [0.25, 0.3) is 5.91 Å². The SMILES string of the molecule is O=C1Nc2ccccc2/C1=C/Nc1ccc(O)c(C(=O)O)c1. The van der Waals surface area contributed by atoms with Crippen molar-refractivity contribution in [2.75, 3.05) is 10.6 Å². The van der Waals surface area contributed by atoms with E-state index < -0.39 is 5.97 Å². The first-order valence-electron chi connectivity index (χ1n) is 6.50. The van der Waals surface area contributed by atoms with Gasteiger partial charge in [0.05, 0.1) is 5.57 Å². The van der Waals surface area contributed by atoms with Gasteiger partial charge in [-0.3, -0.25) is 4.79 Å². The number of nitrogens with one attached hydrogen (secondary N) is 2. The van der Waals surface area contributed by atoms with E-state index in [2.05, 4.69) is 10.6 Å². The van der Waals surface area contributed by atoms with Crippen LogP contribution in [0.25, 0.3) is 5.57 Å². The van der Waals surface area contributed by atoms with Crippen LogP contribution in [0.4, 0.5) is 11.4 Å². The van der Waals surface area contributed by atoms with Crippen molar-refractivity contribution in [1.82, 2.24) is 0 Å². The van der Waals surface area contributed by atoms with E-state index in [4.69, 9.17) is 5.11 Å². The van der Waals surface area contributed by atoms with E-state index in [9.17, 15) is 14.7 Å². The molecule has 0 aromatic heterocycles. The van der Waals surface area contributed by atoms with Crippen LogP contribution in [0.3, 0.4) is 0 Å². The predicted molar refractivity (Wildman–Crippen MR) is 81.7 cm³/mol. The quantitative estimate of drug-likeness (QED) is 0.515. The summed E-state index contributed by atoms with van der Waals surface area (Å²) >= 11 is 0. The number of rotatable bonds is 3. The zero-order chi connectivity index (χ0) is 15.7. The number of amides is 1. The van der Waals surface area contributed by atoms with Gasteiger partial charge >= 0.3 is 5.97 Å². The van der Waals surface area contributed by atoms with Crippen molar-refractivity contribution in [3.63, 3.8) is 0 Å². The van der Waals surface area contributed by atoms with Crippen molar-refractivity contribution < 1.29 is 19.8 Å². The highest BCUT2D eigenvalue weighted by Crippen LogP contribution is 2.31. The minimum absolute atomic E-state index is 0.209. The van der Waals surface area contributed by atoms with Crippen LogP contribution >= 0.6 is 0 Å². The first kappa shape index (κ1) is 13.7. The fourth-order valence-corrected chi connectivity index (χ4v) is 2.23. The molecule has 0 spiro atoms. The number of aromatic hydroxyl groups is 1. The topological polar surface area (TPSA) is 98.7 Å². The van der Waals surface area contributed by atoms with E-state index in [-0.39, 0.29) is 17.2 Å². The molecule has 0 unspecified atom stereocenters. The molecule has 110 valence electrons. The summed E-state index contributed by atoms with van der Waals surface area (Å²) in [5, 5.41) is 24.1. The van der Waals surface area contributed by atoms with Crippen LogP contribution in [0.1, 0.15) is 15.9 Å². The molecule has 6 heteroatoms. The third-order valence-corrected chi connectivity index (χ3v) is 3.32. The van der Waals surface area contributed by atoms with Gasteiger partial charge in [-0.2, -0.15) is 0 Å². The van der Waals surface area contributed by atoms with Crippen LogP contribution in [0.2, 0.25) is 0 Å². The summed E-state index contributed by atoms with van der Waals surface area (Å²) in [6.07, 6.45) is 1.51. The number of hydrogen-bond acceptors (Lipinski definition) is 4. The summed E-state index contributed by atoms with van der Waals surface area (Å²) in [7, 11) is 0. The Bertz CT molecular complexity index is 812. The number of carboxylic acid groups (broad SMARTS) is 1. The Labute approximate surface area is 125 Å². The van der Waals surface area contributed by atoms with E-state index >= 15 is 0 Å². The molecule has 22 heavy (non-hydrogen) atoms. The molecule has 0 saturated carbocycles. The summed E-state index contributed by atoms with van der Waals surface area (Å²) in [4.78, 5) is 22.9. The average molecular weight is 296 g/mol. The van der Waals surface area contributed by atoms with Crippen LogP contribution in [-0.4, -0.2) is 22.1 Å². The van der Waals surface area contributed by atoms with E-state index in [1.54, 1.807) is 6.07 Å². The zero-order valence-corrected chi connectivity index (χ0v) is 11.3. The van der Waals surface area contributed by atoms with Gasteiger partial charge in [0.2, 0.25) is 0 Å². The van der Waals surface area contributed by atoms with E-state index in [1.165, 1.54) is 24.4 Å². The molecular weight excluding hydrogens is 284 g/mol. The number of fused-ring (bicyclic) bond motifs is 1. The highest BCUT2D eigenvalue weighted by Gasteiger charge is 2.23. The molecule has 1 aliphatic rings. The normalized spacial score (nSPS) is 14.5. The molecule has 1 aliphatic heterocycles. The molecule has 0 radical (unpaired) electrons. The fourth-order valence-electron chi connectivity index (χ4n) is 2.23. The van der Waals surface area contributed by atoms with Crippen molar-refractivity contribution in [2.45, 2.75) is 0 Å². The van der Waals surface area contributed by atoms with E-state index in [0.29, 0.717) is 11.3 Å². The molecule has 4 N–H and O–H groups in total. The highest BCUT2D eigenvalue weighted by molar-refractivity contribution is 6.31. The summed E-state index contributed by atoms with van der Waals surface area (Å²) in [5.74, 6) is -1.77. The number of para-hydroxylation sites is 1. The van der Waals surface area contributed by atoms with Gasteiger partial charge in [-0.25, -0.2) is 4.79 Å². The second-order valence-electron chi connectivity index (χ2n) is 4.74. The van der Waals surface area contributed by atoms with Gasteiger partial charge in [-0.05, 0) is 24.3 Å². The lowest BCUT2D eigenvalue weighted by Gasteiger charge is -2.05. The monoisotopic (exact) mass is 296 g/mol. The molecule has 1 heterocycles. The highest BCUT2D eigenvalue weighted by atomic mass is 16.4. The smallest absolute Gasteiger partial charge is 0.339 e. The number of anilines is 2. The molecule has 3 rings (SSSR count). The average Bonchev–Trinajstić information content (AvgIpc) is 2.81. The van der Waals surface area contributed by atoms with Crippen LogP contribution in [0, 0.1) is 0 Å². The van der Waals surface area contributed by atoms with Crippen molar-refractivity contribution in [1.29, 1.82) is 0 Å². The van der Waals surface area contributed by atoms with Crippen molar-refractivity contribution in [2.24, 2.45) is 0 Å². The van der Waals surface area contributed by atoms with Gasteiger partial charge in [0, 0.05) is 23.1 Å². The standard InChI is InChI=1S/C16H12N2O4/c19-14-6-5-9(7-11(14)16(21)22)17-8-12-10-3-1-2-4-13(10)18-15(12)20/h1-8,17,19H,(H,18,20)(H,21,22)/b12-8-. The van der Waals surface area contributed by atoms with E-state index in [0.717, 1.165) is 11.3 Å². The number of benzene rings is 2. The summed E-state index contributed by atoms with van der Waals surface area (Å²) < 4.78 is 0. The van der Waals surface area contributed by atoms with Gasteiger partial charge in [0.15, 0.2) is 0 Å². The first-order valence-corrected chi connectivity index (χ1v) is 6.50. The molecule has 0 bridgehead atoms. The summed E-state index contributed by atoms with van der Waals surface area (Å²) in [6, 6.07) is 11.4. The maximum atomic E-state index is 11.9. The number of carbonyl (C=O) groups excluding carboxylic acids is 1. The summed E-state index contributed by atoms with van der Waals surface area (Å²) in [6.45, 7) is 0. The lowest BCUT2D eigenvalue weighted by molar-refractivity contribution is -0.110. The molecule has 2 aromatic rings. The van der Waals surface area contributed by atoms with Gasteiger partial charge in [-0.15, -0.1) is 0 Å². The third kappa shape index (κ3) is 2.37. The van der Waals surface area contributed by atoms with Gasteiger partial charge in [0.1, 0.15) is 11.3 Å². The number of hydrogen-bond donors (Lipinski definition) is 4. The minimum Gasteiger partial charge on any atom is -0.507 e. The van der Waals surface area contributed by atoms with Crippen LogP contribution in [0.15, 0.2) is 48.7 Å².